The molecule has 1 fully saturated rings. The molecule has 0 spiro atoms. The zero-order valence-corrected chi connectivity index (χ0v) is 13.7. The highest BCUT2D eigenvalue weighted by atomic mass is 35.5. The number of benzene rings is 1. The van der Waals surface area contributed by atoms with E-state index in [-0.39, 0.29) is 5.28 Å². The van der Waals surface area contributed by atoms with Gasteiger partial charge in [-0.2, -0.15) is 15.0 Å². The first-order chi connectivity index (χ1) is 11.6. The number of hydrogen-bond donors (Lipinski definition) is 2. The van der Waals surface area contributed by atoms with Crippen molar-refractivity contribution >= 4 is 23.6 Å². The number of ether oxygens (including phenoxy) is 1. The molecule has 2 amide bonds. The Balaban J connectivity index is 1.80. The molecule has 1 aliphatic rings. The highest BCUT2D eigenvalue weighted by molar-refractivity contribution is 6.28. The number of carbonyl (C=O) groups excluding carboxylic acids is 1. The van der Waals surface area contributed by atoms with Crippen LogP contribution >= 0.6 is 11.6 Å². The van der Waals surface area contributed by atoms with Crippen LogP contribution in [0.2, 0.25) is 5.28 Å². The van der Waals surface area contributed by atoms with Gasteiger partial charge in [-0.05, 0) is 17.2 Å². The van der Waals surface area contributed by atoms with Crippen molar-refractivity contribution < 1.29 is 9.53 Å². The Morgan fingerprint density at radius 3 is 2.58 bits per heavy atom. The van der Waals surface area contributed by atoms with E-state index in [1.165, 1.54) is 0 Å². The van der Waals surface area contributed by atoms with Crippen LogP contribution in [0.5, 0.6) is 0 Å². The number of carbonyl (C=O) groups is 1. The Morgan fingerprint density at radius 2 is 1.92 bits per heavy atom. The van der Waals surface area contributed by atoms with Gasteiger partial charge < -0.3 is 20.7 Å². The molecule has 0 atom stereocenters. The third-order valence-corrected chi connectivity index (χ3v) is 3.74. The normalized spacial score (nSPS) is 14.5. The van der Waals surface area contributed by atoms with E-state index in [2.05, 4.69) is 20.3 Å². The van der Waals surface area contributed by atoms with Crippen molar-refractivity contribution in [3.8, 4) is 11.4 Å². The summed E-state index contributed by atoms with van der Waals surface area (Å²) < 4.78 is 5.33. The monoisotopic (exact) mass is 348 g/mol. The van der Waals surface area contributed by atoms with E-state index in [9.17, 15) is 4.79 Å². The predicted molar refractivity (Wildman–Crippen MR) is 89.7 cm³/mol. The molecule has 0 radical (unpaired) electrons. The number of urea groups is 1. The zero-order valence-electron chi connectivity index (χ0n) is 12.9. The number of nitrogens with zero attached hydrogens (tertiary/aromatic N) is 4. The number of rotatable bonds is 4. The van der Waals surface area contributed by atoms with Gasteiger partial charge in [-0.1, -0.05) is 24.3 Å². The number of hydrogen-bond acceptors (Lipinski definition) is 6. The first-order valence-electron chi connectivity index (χ1n) is 7.49. The lowest BCUT2D eigenvalue weighted by Gasteiger charge is -2.26. The summed E-state index contributed by atoms with van der Waals surface area (Å²) in [7, 11) is 0. The first kappa shape index (κ1) is 16.4. The number of nitrogens with two attached hydrogens (primary N) is 1. The highest BCUT2D eigenvalue weighted by Gasteiger charge is 2.16. The molecule has 2 aromatic rings. The third kappa shape index (κ3) is 4.09. The minimum absolute atomic E-state index is 0.154. The number of primary amides is 1. The van der Waals surface area contributed by atoms with Crippen molar-refractivity contribution in [2.45, 2.75) is 6.54 Å². The van der Waals surface area contributed by atoms with Gasteiger partial charge >= 0.3 is 6.03 Å². The zero-order chi connectivity index (χ0) is 16.9. The van der Waals surface area contributed by atoms with Crippen molar-refractivity contribution in [2.75, 3.05) is 31.2 Å². The molecule has 3 N–H and O–H groups in total. The topological polar surface area (TPSA) is 106 Å². The van der Waals surface area contributed by atoms with Crippen LogP contribution in [0.1, 0.15) is 5.56 Å². The second kappa shape index (κ2) is 7.41. The predicted octanol–water partition coefficient (Wildman–Crippen LogP) is 1.20. The summed E-state index contributed by atoms with van der Waals surface area (Å²) in [6, 6.07) is 6.92. The molecule has 1 aromatic heterocycles. The van der Waals surface area contributed by atoms with Crippen molar-refractivity contribution in [1.29, 1.82) is 0 Å². The van der Waals surface area contributed by atoms with Crippen molar-refractivity contribution in [3.05, 3.63) is 35.1 Å². The van der Waals surface area contributed by atoms with E-state index in [0.29, 0.717) is 31.5 Å². The van der Waals surface area contributed by atoms with Gasteiger partial charge in [0.15, 0.2) is 5.82 Å². The summed E-state index contributed by atoms with van der Waals surface area (Å²) in [6.07, 6.45) is 0. The molecule has 24 heavy (non-hydrogen) atoms. The van der Waals surface area contributed by atoms with E-state index in [1.807, 2.05) is 29.2 Å². The molecule has 8 nitrogen and oxygen atoms in total. The summed E-state index contributed by atoms with van der Waals surface area (Å²) >= 11 is 6.05. The Kier molecular flexibility index (Phi) is 5.07. The van der Waals surface area contributed by atoms with E-state index in [4.69, 9.17) is 22.1 Å². The van der Waals surface area contributed by atoms with Crippen molar-refractivity contribution in [3.63, 3.8) is 0 Å². The fourth-order valence-corrected chi connectivity index (χ4v) is 2.49. The first-order valence-corrected chi connectivity index (χ1v) is 7.86. The van der Waals surface area contributed by atoms with Gasteiger partial charge in [-0.3, -0.25) is 0 Å². The molecule has 0 unspecified atom stereocenters. The molecule has 1 aliphatic heterocycles. The average molecular weight is 349 g/mol. The van der Waals surface area contributed by atoms with Gasteiger partial charge in [0.05, 0.1) is 13.2 Å². The second-order valence-corrected chi connectivity index (χ2v) is 5.58. The van der Waals surface area contributed by atoms with E-state index >= 15 is 0 Å². The summed E-state index contributed by atoms with van der Waals surface area (Å²) in [5.41, 5.74) is 6.80. The van der Waals surface area contributed by atoms with Gasteiger partial charge in [0, 0.05) is 25.2 Å². The van der Waals surface area contributed by atoms with Crippen LogP contribution in [0.25, 0.3) is 11.4 Å². The number of amides is 2. The molecule has 126 valence electrons. The highest BCUT2D eigenvalue weighted by Crippen LogP contribution is 2.21. The van der Waals surface area contributed by atoms with Crippen LogP contribution in [0.15, 0.2) is 24.3 Å². The largest absolute Gasteiger partial charge is 0.378 e. The van der Waals surface area contributed by atoms with Gasteiger partial charge in [0.1, 0.15) is 0 Å². The number of halogens is 1. The number of anilines is 1. The summed E-state index contributed by atoms with van der Waals surface area (Å²) in [5.74, 6) is 1.05. The van der Waals surface area contributed by atoms with Crippen LogP contribution in [-0.4, -0.2) is 47.3 Å². The van der Waals surface area contributed by atoms with Gasteiger partial charge in [0.25, 0.3) is 0 Å². The lowest BCUT2D eigenvalue weighted by atomic mass is 10.1. The Labute approximate surface area is 144 Å². The Hall–Kier alpha value is -2.45. The minimum Gasteiger partial charge on any atom is -0.378 e. The average Bonchev–Trinajstić information content (AvgIpc) is 2.60. The maximum absolute atomic E-state index is 10.7. The number of nitrogens with one attached hydrogen (secondary N) is 1. The van der Waals surface area contributed by atoms with Crippen LogP contribution in [0.3, 0.4) is 0 Å². The number of aromatic nitrogens is 3. The van der Waals surface area contributed by atoms with Crippen molar-refractivity contribution in [2.24, 2.45) is 5.73 Å². The third-order valence-electron chi connectivity index (χ3n) is 3.57. The second-order valence-electron chi connectivity index (χ2n) is 5.24. The lowest BCUT2D eigenvalue weighted by Crippen LogP contribution is -2.37. The van der Waals surface area contributed by atoms with Crippen LogP contribution in [0, 0.1) is 0 Å². The van der Waals surface area contributed by atoms with E-state index in [0.717, 1.165) is 24.2 Å². The molecule has 3 rings (SSSR count). The molecule has 1 aromatic carbocycles. The summed E-state index contributed by atoms with van der Waals surface area (Å²) in [5, 5.41) is 2.69. The molecule has 2 heterocycles. The van der Waals surface area contributed by atoms with Gasteiger partial charge in [0.2, 0.25) is 11.2 Å². The molecule has 9 heteroatoms. The maximum Gasteiger partial charge on any atom is 0.312 e. The lowest BCUT2D eigenvalue weighted by molar-refractivity contribution is 0.122. The molecular formula is C15H17ClN6O2. The van der Waals surface area contributed by atoms with E-state index < -0.39 is 6.03 Å². The number of morpholine rings is 1. The molecule has 0 saturated carbocycles. The molecule has 1 saturated heterocycles. The fraction of sp³-hybridized carbons (Fsp3) is 0.333. The van der Waals surface area contributed by atoms with E-state index in [1.54, 1.807) is 0 Å². The minimum atomic E-state index is -0.557. The molecule has 0 aliphatic carbocycles. The SMILES string of the molecule is NC(=O)NCc1ccc(-c2nc(Cl)nc(N3CCOCC3)n2)cc1. The van der Waals surface area contributed by atoms with Gasteiger partial charge in [-0.25, -0.2) is 4.79 Å². The van der Waals surface area contributed by atoms with Crippen molar-refractivity contribution in [1.82, 2.24) is 20.3 Å². The fourth-order valence-electron chi connectivity index (χ4n) is 2.33. The van der Waals surface area contributed by atoms with Gasteiger partial charge in [-0.15, -0.1) is 0 Å². The van der Waals surface area contributed by atoms with Crippen LogP contribution in [-0.2, 0) is 11.3 Å². The Morgan fingerprint density at radius 1 is 1.21 bits per heavy atom. The summed E-state index contributed by atoms with van der Waals surface area (Å²) in [6.45, 7) is 3.09. The Bertz CT molecular complexity index is 718. The molecular weight excluding hydrogens is 332 g/mol. The van der Waals surface area contributed by atoms with Crippen LogP contribution < -0.4 is 16.0 Å². The van der Waals surface area contributed by atoms with Crippen LogP contribution in [0.4, 0.5) is 10.7 Å². The quantitative estimate of drug-likeness (QED) is 0.859. The maximum atomic E-state index is 10.7. The molecule has 0 bridgehead atoms. The standard InChI is InChI=1S/C15H17ClN6O2/c16-13-19-12(20-15(21-13)22-5-7-24-8-6-22)11-3-1-10(2-4-11)9-18-14(17)23/h1-4H,5-9H2,(H3,17,18,23). The smallest absolute Gasteiger partial charge is 0.312 e. The summed E-state index contributed by atoms with van der Waals surface area (Å²) in [4.78, 5) is 25.7.